The van der Waals surface area contributed by atoms with Gasteiger partial charge in [-0.15, -0.1) is 0 Å². The fourth-order valence-electron chi connectivity index (χ4n) is 2.43. The summed E-state index contributed by atoms with van der Waals surface area (Å²) in [6.45, 7) is 1.31. The molecule has 3 rings (SSSR count). The molecule has 1 saturated heterocycles. The number of hydrogen-bond acceptors (Lipinski definition) is 5. The van der Waals surface area contributed by atoms with Crippen LogP contribution in [0.3, 0.4) is 0 Å². The molecule has 1 aromatic carbocycles. The molecule has 0 amide bonds. The number of aromatic nitrogens is 2. The van der Waals surface area contributed by atoms with E-state index in [0.717, 1.165) is 31.6 Å². The Bertz CT molecular complexity index is 586. The Morgan fingerprint density at radius 2 is 2.19 bits per heavy atom. The molecule has 0 bridgehead atoms. The highest BCUT2D eigenvalue weighted by atomic mass is 19.2. The zero-order chi connectivity index (χ0) is 14.7. The van der Waals surface area contributed by atoms with Gasteiger partial charge < -0.3 is 9.26 Å². The number of halogens is 2. The SMILES string of the molecule is Fc1ccc([C@H](N[C@@H]2CCCOC2)c2ncon2)cc1F. The standard InChI is InChI=1S/C14H15F2N3O2/c15-11-4-3-9(6-12(11)16)13(14-17-8-21-19-14)18-10-2-1-5-20-7-10/h3-4,6,8,10,13,18H,1-2,5,7H2/t10-,13+/m1/s1. The molecule has 0 aliphatic carbocycles. The highest BCUT2D eigenvalue weighted by molar-refractivity contribution is 5.26. The average molecular weight is 295 g/mol. The lowest BCUT2D eigenvalue weighted by Crippen LogP contribution is -2.40. The summed E-state index contributed by atoms with van der Waals surface area (Å²) in [6, 6.07) is 3.39. The Labute approximate surface area is 120 Å². The maximum absolute atomic E-state index is 13.5. The van der Waals surface area contributed by atoms with Crippen molar-refractivity contribution in [1.29, 1.82) is 0 Å². The van der Waals surface area contributed by atoms with Crippen LogP contribution in [0.15, 0.2) is 29.1 Å². The van der Waals surface area contributed by atoms with E-state index in [1.165, 1.54) is 12.5 Å². The molecule has 5 nitrogen and oxygen atoms in total. The lowest BCUT2D eigenvalue weighted by atomic mass is 10.0. The van der Waals surface area contributed by atoms with E-state index in [-0.39, 0.29) is 6.04 Å². The van der Waals surface area contributed by atoms with Crippen molar-refractivity contribution in [3.63, 3.8) is 0 Å². The van der Waals surface area contributed by atoms with Crippen molar-refractivity contribution < 1.29 is 18.0 Å². The number of benzene rings is 1. The lowest BCUT2D eigenvalue weighted by Gasteiger charge is -2.27. The number of ether oxygens (including phenoxy) is 1. The second-order valence-corrected chi connectivity index (χ2v) is 4.98. The van der Waals surface area contributed by atoms with Crippen molar-refractivity contribution in [2.45, 2.75) is 24.9 Å². The Kier molecular flexibility index (Phi) is 4.21. The van der Waals surface area contributed by atoms with Gasteiger partial charge >= 0.3 is 0 Å². The predicted octanol–water partition coefficient (Wildman–Crippen LogP) is 2.21. The van der Waals surface area contributed by atoms with E-state index in [2.05, 4.69) is 15.5 Å². The van der Waals surface area contributed by atoms with E-state index in [1.807, 2.05) is 0 Å². The summed E-state index contributed by atoms with van der Waals surface area (Å²) >= 11 is 0. The van der Waals surface area contributed by atoms with Crippen LogP contribution >= 0.6 is 0 Å². The molecule has 112 valence electrons. The molecule has 2 heterocycles. The first-order chi connectivity index (χ1) is 10.2. The molecule has 0 unspecified atom stereocenters. The Morgan fingerprint density at radius 1 is 1.29 bits per heavy atom. The van der Waals surface area contributed by atoms with Gasteiger partial charge in [-0.3, -0.25) is 5.32 Å². The first-order valence-corrected chi connectivity index (χ1v) is 6.79. The second-order valence-electron chi connectivity index (χ2n) is 4.98. The van der Waals surface area contributed by atoms with E-state index in [1.54, 1.807) is 0 Å². The van der Waals surface area contributed by atoms with Crippen LogP contribution in [0.4, 0.5) is 8.78 Å². The molecule has 2 atom stereocenters. The lowest BCUT2D eigenvalue weighted by molar-refractivity contribution is 0.0675. The van der Waals surface area contributed by atoms with Gasteiger partial charge in [0.05, 0.1) is 12.6 Å². The summed E-state index contributed by atoms with van der Waals surface area (Å²) in [5.74, 6) is -1.40. The molecule has 7 heteroatoms. The predicted molar refractivity (Wildman–Crippen MR) is 69.5 cm³/mol. The molecule has 2 aromatic rings. The van der Waals surface area contributed by atoms with Gasteiger partial charge in [-0.1, -0.05) is 11.2 Å². The van der Waals surface area contributed by atoms with E-state index < -0.39 is 17.7 Å². The van der Waals surface area contributed by atoms with Gasteiger partial charge in [0.2, 0.25) is 6.39 Å². The molecule has 1 aliphatic rings. The normalized spacial score (nSPS) is 20.4. The maximum atomic E-state index is 13.5. The third-order valence-corrected chi connectivity index (χ3v) is 3.48. The molecule has 1 N–H and O–H groups in total. The number of rotatable bonds is 4. The van der Waals surface area contributed by atoms with Crippen molar-refractivity contribution in [1.82, 2.24) is 15.5 Å². The summed E-state index contributed by atoms with van der Waals surface area (Å²) in [5.41, 5.74) is 0.542. The quantitative estimate of drug-likeness (QED) is 0.937. The fraction of sp³-hybridized carbons (Fsp3) is 0.429. The van der Waals surface area contributed by atoms with Crippen molar-refractivity contribution in [3.05, 3.63) is 47.6 Å². The highest BCUT2D eigenvalue weighted by Gasteiger charge is 2.24. The minimum atomic E-state index is -0.900. The monoisotopic (exact) mass is 295 g/mol. The van der Waals surface area contributed by atoms with E-state index in [9.17, 15) is 8.78 Å². The topological polar surface area (TPSA) is 60.2 Å². The minimum Gasteiger partial charge on any atom is -0.380 e. The van der Waals surface area contributed by atoms with Crippen molar-refractivity contribution >= 4 is 0 Å². The van der Waals surface area contributed by atoms with Gasteiger partial charge in [-0.2, -0.15) is 4.98 Å². The first kappa shape index (κ1) is 14.1. The van der Waals surface area contributed by atoms with Gasteiger partial charge in [-0.05, 0) is 30.5 Å². The van der Waals surface area contributed by atoms with Crippen molar-refractivity contribution in [2.75, 3.05) is 13.2 Å². The number of nitrogens with one attached hydrogen (secondary N) is 1. The molecule has 0 spiro atoms. The van der Waals surface area contributed by atoms with Crippen molar-refractivity contribution in [3.8, 4) is 0 Å². The summed E-state index contributed by atoms with van der Waals surface area (Å²) in [5, 5.41) is 7.13. The van der Waals surface area contributed by atoms with E-state index in [0.29, 0.717) is 18.0 Å². The summed E-state index contributed by atoms with van der Waals surface area (Å²) < 4.78 is 36.7. The summed E-state index contributed by atoms with van der Waals surface area (Å²) in [6.07, 6.45) is 3.10. The Hall–Kier alpha value is -1.86. The smallest absolute Gasteiger partial charge is 0.213 e. The molecule has 21 heavy (non-hydrogen) atoms. The third-order valence-electron chi connectivity index (χ3n) is 3.48. The van der Waals surface area contributed by atoms with Crippen LogP contribution in [-0.2, 0) is 4.74 Å². The molecule has 1 aromatic heterocycles. The van der Waals surface area contributed by atoms with Crippen LogP contribution < -0.4 is 5.32 Å². The van der Waals surface area contributed by atoms with E-state index >= 15 is 0 Å². The van der Waals surface area contributed by atoms with E-state index in [4.69, 9.17) is 9.26 Å². The molecule has 1 aliphatic heterocycles. The Balaban J connectivity index is 1.86. The van der Waals surface area contributed by atoms with Crippen LogP contribution in [0.1, 0.15) is 30.3 Å². The fourth-order valence-corrected chi connectivity index (χ4v) is 2.43. The summed E-state index contributed by atoms with van der Waals surface area (Å²) in [4.78, 5) is 4.01. The Morgan fingerprint density at radius 3 is 2.86 bits per heavy atom. The number of nitrogens with zero attached hydrogens (tertiary/aromatic N) is 2. The largest absolute Gasteiger partial charge is 0.380 e. The maximum Gasteiger partial charge on any atom is 0.213 e. The third kappa shape index (κ3) is 3.25. The van der Waals surface area contributed by atoms with Crippen molar-refractivity contribution in [2.24, 2.45) is 0 Å². The van der Waals surface area contributed by atoms with Crippen LogP contribution in [-0.4, -0.2) is 29.4 Å². The van der Waals surface area contributed by atoms with Crippen LogP contribution in [0.5, 0.6) is 0 Å². The van der Waals surface area contributed by atoms with Gasteiger partial charge in [0.15, 0.2) is 17.5 Å². The van der Waals surface area contributed by atoms with Crippen LogP contribution in [0.2, 0.25) is 0 Å². The molecule has 0 saturated carbocycles. The second kappa shape index (κ2) is 6.28. The average Bonchev–Trinajstić information content (AvgIpc) is 3.03. The molecule has 1 fully saturated rings. The van der Waals surface area contributed by atoms with Crippen LogP contribution in [0.25, 0.3) is 0 Å². The molecular formula is C14H15F2N3O2. The molecule has 0 radical (unpaired) electrons. The van der Waals surface area contributed by atoms with Gasteiger partial charge in [-0.25, -0.2) is 8.78 Å². The zero-order valence-corrected chi connectivity index (χ0v) is 11.3. The van der Waals surface area contributed by atoms with Crippen LogP contribution in [0, 0.1) is 11.6 Å². The zero-order valence-electron chi connectivity index (χ0n) is 11.3. The van der Waals surface area contributed by atoms with Gasteiger partial charge in [0, 0.05) is 12.6 Å². The van der Waals surface area contributed by atoms with Gasteiger partial charge in [0.1, 0.15) is 0 Å². The summed E-state index contributed by atoms with van der Waals surface area (Å²) in [7, 11) is 0. The van der Waals surface area contributed by atoms with Gasteiger partial charge in [0.25, 0.3) is 0 Å². The molecular weight excluding hydrogens is 280 g/mol. The highest BCUT2D eigenvalue weighted by Crippen LogP contribution is 2.23. The number of hydrogen-bond donors (Lipinski definition) is 1. The minimum absolute atomic E-state index is 0.107. The first-order valence-electron chi connectivity index (χ1n) is 6.79.